The highest BCUT2D eigenvalue weighted by atomic mass is 35.5. The zero-order valence-electron chi connectivity index (χ0n) is 18.9. The standard InChI is InChI=1S/C25H20ClF4N3O3/c1-2-15(5-7-31-14-34)12-33-22(25(28,29)30)13-36-23-19(24(33)35)10-18(11-20(23)26)32-8-6-16-9-17(27)3-4-21(16)32/h2-11,14,22H,12-13H2,1H3,(H,31,34)/b7-5-,15-2+. The lowest BCUT2D eigenvalue weighted by Gasteiger charge is -2.31. The minimum absolute atomic E-state index is 0.0380. The number of halogens is 5. The minimum Gasteiger partial charge on any atom is -0.489 e. The smallest absolute Gasteiger partial charge is 0.412 e. The van der Waals surface area contributed by atoms with E-state index in [4.69, 9.17) is 16.3 Å². The lowest BCUT2D eigenvalue weighted by molar-refractivity contribution is -0.181. The fourth-order valence-electron chi connectivity index (χ4n) is 4.00. The van der Waals surface area contributed by atoms with Crippen molar-refractivity contribution in [3.63, 3.8) is 0 Å². The van der Waals surface area contributed by atoms with Crippen LogP contribution in [0.15, 0.2) is 66.5 Å². The van der Waals surface area contributed by atoms with E-state index < -0.39 is 37.1 Å². The molecule has 0 spiro atoms. The summed E-state index contributed by atoms with van der Waals surface area (Å²) in [5, 5.41) is 2.84. The van der Waals surface area contributed by atoms with Gasteiger partial charge in [0, 0.05) is 30.0 Å². The van der Waals surface area contributed by atoms with E-state index in [0.29, 0.717) is 33.5 Å². The van der Waals surface area contributed by atoms with Crippen molar-refractivity contribution in [1.29, 1.82) is 0 Å². The first kappa shape index (κ1) is 25.3. The number of nitrogens with zero attached hydrogens (tertiary/aromatic N) is 2. The molecule has 188 valence electrons. The molecule has 0 radical (unpaired) electrons. The van der Waals surface area contributed by atoms with E-state index in [1.165, 1.54) is 42.6 Å². The molecule has 1 aromatic heterocycles. The number of allylic oxidation sites excluding steroid dienone is 1. The summed E-state index contributed by atoms with van der Waals surface area (Å²) in [7, 11) is 0. The number of amides is 2. The molecule has 1 atom stereocenters. The van der Waals surface area contributed by atoms with Crippen molar-refractivity contribution in [3.05, 3.63) is 82.9 Å². The van der Waals surface area contributed by atoms with Gasteiger partial charge in [0.05, 0.1) is 16.1 Å². The molecule has 1 N–H and O–H groups in total. The summed E-state index contributed by atoms with van der Waals surface area (Å²) < 4.78 is 62.7. The monoisotopic (exact) mass is 521 g/mol. The molecule has 1 unspecified atom stereocenters. The minimum atomic E-state index is -4.78. The van der Waals surface area contributed by atoms with Gasteiger partial charge in [-0.25, -0.2) is 4.39 Å². The van der Waals surface area contributed by atoms with Crippen molar-refractivity contribution in [3.8, 4) is 11.4 Å². The molecule has 1 aliphatic rings. The van der Waals surface area contributed by atoms with Gasteiger partial charge in [0.1, 0.15) is 12.4 Å². The van der Waals surface area contributed by atoms with Gasteiger partial charge in [-0.05, 0) is 55.0 Å². The fourth-order valence-corrected chi connectivity index (χ4v) is 4.26. The van der Waals surface area contributed by atoms with Gasteiger partial charge in [0.2, 0.25) is 6.41 Å². The first-order valence-electron chi connectivity index (χ1n) is 10.8. The third-order valence-corrected chi connectivity index (χ3v) is 6.06. The van der Waals surface area contributed by atoms with Crippen LogP contribution in [0, 0.1) is 5.82 Å². The predicted octanol–water partition coefficient (Wildman–Crippen LogP) is 5.39. The summed E-state index contributed by atoms with van der Waals surface area (Å²) in [6, 6.07) is 6.46. The number of benzene rings is 2. The number of ether oxygens (including phenoxy) is 1. The summed E-state index contributed by atoms with van der Waals surface area (Å²) in [4.78, 5) is 24.7. The number of hydrogen-bond donors (Lipinski definition) is 1. The zero-order valence-corrected chi connectivity index (χ0v) is 19.6. The van der Waals surface area contributed by atoms with Crippen molar-refractivity contribution >= 4 is 34.8 Å². The molecule has 11 heteroatoms. The first-order chi connectivity index (χ1) is 17.1. The Hall–Kier alpha value is -3.79. The summed E-state index contributed by atoms with van der Waals surface area (Å²) >= 11 is 6.39. The van der Waals surface area contributed by atoms with Crippen LogP contribution in [-0.4, -0.2) is 47.2 Å². The van der Waals surface area contributed by atoms with E-state index in [9.17, 15) is 27.2 Å². The van der Waals surface area contributed by atoms with Crippen LogP contribution < -0.4 is 10.1 Å². The molecule has 3 aromatic rings. The second-order valence-electron chi connectivity index (χ2n) is 7.98. The molecule has 0 aliphatic carbocycles. The number of aromatic nitrogens is 1. The van der Waals surface area contributed by atoms with Crippen LogP contribution in [-0.2, 0) is 4.79 Å². The van der Waals surface area contributed by atoms with E-state index in [2.05, 4.69) is 5.32 Å². The molecule has 2 heterocycles. The van der Waals surface area contributed by atoms with Gasteiger partial charge in [-0.15, -0.1) is 0 Å². The predicted molar refractivity (Wildman–Crippen MR) is 127 cm³/mol. The molecule has 2 aromatic carbocycles. The SMILES string of the molecule is C/C=C(\C=C/NC=O)CN1C(=O)c2cc(-n3ccc4cc(F)ccc43)cc(Cl)c2OCC1C(F)(F)F. The van der Waals surface area contributed by atoms with E-state index in [1.807, 2.05) is 0 Å². The quantitative estimate of drug-likeness (QED) is 0.269. The van der Waals surface area contributed by atoms with Crippen molar-refractivity contribution < 1.29 is 31.9 Å². The maximum absolute atomic E-state index is 14.0. The van der Waals surface area contributed by atoms with E-state index in [0.717, 1.165) is 0 Å². The molecule has 36 heavy (non-hydrogen) atoms. The summed E-state index contributed by atoms with van der Waals surface area (Å²) in [6.45, 7) is 0.359. The Morgan fingerprint density at radius 2 is 2.03 bits per heavy atom. The number of carbonyl (C=O) groups excluding carboxylic acids is 2. The normalized spacial score (nSPS) is 16.7. The van der Waals surface area contributed by atoms with E-state index in [-0.39, 0.29) is 16.3 Å². The molecule has 4 rings (SSSR count). The molecule has 0 saturated heterocycles. The highest BCUT2D eigenvalue weighted by Gasteiger charge is 2.48. The van der Waals surface area contributed by atoms with Crippen LogP contribution in [0.4, 0.5) is 17.6 Å². The molecule has 6 nitrogen and oxygen atoms in total. The Kier molecular flexibility index (Phi) is 7.07. The maximum atomic E-state index is 14.0. The highest BCUT2D eigenvalue weighted by Crippen LogP contribution is 2.39. The van der Waals surface area contributed by atoms with Crippen molar-refractivity contribution in [2.45, 2.75) is 19.1 Å². The van der Waals surface area contributed by atoms with Gasteiger partial charge >= 0.3 is 6.18 Å². The Balaban J connectivity index is 1.80. The number of rotatable bonds is 6. The van der Waals surface area contributed by atoms with E-state index >= 15 is 0 Å². The average molecular weight is 522 g/mol. The largest absolute Gasteiger partial charge is 0.489 e. The van der Waals surface area contributed by atoms with E-state index in [1.54, 1.807) is 29.8 Å². The summed E-state index contributed by atoms with van der Waals surface area (Å²) in [5.41, 5.74) is 1.22. The van der Waals surface area contributed by atoms with Gasteiger partial charge in [-0.2, -0.15) is 13.2 Å². The average Bonchev–Trinajstić information content (AvgIpc) is 3.18. The molecular weight excluding hydrogens is 502 g/mol. The molecular formula is C25H20ClF4N3O3. The van der Waals surface area contributed by atoms with Crippen molar-refractivity contribution in [2.75, 3.05) is 13.2 Å². The van der Waals surface area contributed by atoms with Crippen LogP contribution in [0.5, 0.6) is 5.75 Å². The van der Waals surface area contributed by atoms with Crippen LogP contribution in [0.1, 0.15) is 17.3 Å². The first-order valence-corrected chi connectivity index (χ1v) is 11.1. The zero-order chi connectivity index (χ0) is 26.0. The Labute approximate surface area is 208 Å². The lowest BCUT2D eigenvalue weighted by Crippen LogP contribution is -2.51. The maximum Gasteiger partial charge on any atom is 0.412 e. The Morgan fingerprint density at radius 1 is 1.25 bits per heavy atom. The lowest BCUT2D eigenvalue weighted by atomic mass is 10.1. The summed E-state index contributed by atoms with van der Waals surface area (Å²) in [5.74, 6) is -1.49. The number of alkyl halides is 3. The Morgan fingerprint density at radius 3 is 2.72 bits per heavy atom. The van der Waals surface area contributed by atoms with Gasteiger partial charge in [0.15, 0.2) is 11.8 Å². The second kappa shape index (κ2) is 10.1. The Bertz CT molecular complexity index is 1380. The second-order valence-corrected chi connectivity index (χ2v) is 8.38. The van der Waals surface area contributed by atoms with Gasteiger partial charge < -0.3 is 19.5 Å². The number of fused-ring (bicyclic) bond motifs is 2. The molecule has 2 amide bonds. The van der Waals surface area contributed by atoms with Crippen molar-refractivity contribution in [2.24, 2.45) is 0 Å². The van der Waals surface area contributed by atoms with Gasteiger partial charge in [-0.3, -0.25) is 9.59 Å². The fraction of sp³-hybridized carbons (Fsp3) is 0.200. The topological polar surface area (TPSA) is 63.6 Å². The molecule has 0 fully saturated rings. The van der Waals surface area contributed by atoms with Crippen LogP contribution >= 0.6 is 11.6 Å². The van der Waals surface area contributed by atoms with Crippen LogP contribution in [0.25, 0.3) is 16.6 Å². The number of hydrogen-bond acceptors (Lipinski definition) is 3. The highest BCUT2D eigenvalue weighted by molar-refractivity contribution is 6.33. The van der Waals surface area contributed by atoms with Crippen molar-refractivity contribution in [1.82, 2.24) is 14.8 Å². The molecule has 1 aliphatic heterocycles. The van der Waals surface area contributed by atoms with Gasteiger partial charge in [0.25, 0.3) is 5.91 Å². The summed E-state index contributed by atoms with van der Waals surface area (Å²) in [6.07, 6.45) is 1.46. The number of nitrogens with one attached hydrogen (secondary N) is 1. The third-order valence-electron chi connectivity index (χ3n) is 5.78. The molecule has 0 bridgehead atoms. The number of carbonyl (C=O) groups is 2. The third kappa shape index (κ3) is 4.94. The molecule has 0 saturated carbocycles. The van der Waals surface area contributed by atoms with Gasteiger partial charge in [-0.1, -0.05) is 17.7 Å². The van der Waals surface area contributed by atoms with Crippen LogP contribution in [0.2, 0.25) is 5.02 Å². The van der Waals surface area contributed by atoms with Crippen LogP contribution in [0.3, 0.4) is 0 Å².